The van der Waals surface area contributed by atoms with Gasteiger partial charge in [-0.15, -0.1) is 0 Å². The molecule has 0 rings (SSSR count). The molecule has 0 aliphatic rings. The van der Waals surface area contributed by atoms with Crippen LogP contribution in [-0.2, 0) is 19.4 Å². The Morgan fingerprint density at radius 1 is 1.20 bits per heavy atom. The smallest absolute Gasteiger partial charge is 0.222 e. The molecule has 0 aliphatic carbocycles. The molecule has 88 valence electrons. The first kappa shape index (κ1) is 14.1. The average molecular weight is 235 g/mol. The molecule has 15 heavy (non-hydrogen) atoms. The van der Waals surface area contributed by atoms with Gasteiger partial charge in [0.05, 0.1) is 6.54 Å². The van der Waals surface area contributed by atoms with E-state index in [0.717, 1.165) is 6.26 Å². The fourth-order valence-electron chi connectivity index (χ4n) is 1.15. The normalized spacial score (nSPS) is 11.1. The van der Waals surface area contributed by atoms with Crippen molar-refractivity contribution in [3.05, 3.63) is 0 Å². The number of hydrogen-bond donors (Lipinski definition) is 0. The Balaban J connectivity index is 4.32. The van der Waals surface area contributed by atoms with E-state index in [2.05, 4.69) is 0 Å². The molecule has 0 aromatic rings. The minimum Gasteiger partial charge on any atom is -0.336 e. The van der Waals surface area contributed by atoms with Crippen LogP contribution >= 0.6 is 0 Å². The zero-order valence-corrected chi connectivity index (χ0v) is 10.1. The van der Waals surface area contributed by atoms with Gasteiger partial charge in [-0.3, -0.25) is 9.59 Å². The summed E-state index contributed by atoms with van der Waals surface area (Å²) in [6.45, 7) is 3.76. The number of amides is 1. The summed E-state index contributed by atoms with van der Waals surface area (Å²) in [4.78, 5) is 23.9. The third kappa shape index (κ3) is 6.22. The van der Waals surface area contributed by atoms with E-state index >= 15 is 0 Å². The lowest BCUT2D eigenvalue weighted by Crippen LogP contribution is -2.37. The van der Waals surface area contributed by atoms with E-state index < -0.39 is 21.4 Å². The van der Waals surface area contributed by atoms with Crippen molar-refractivity contribution in [2.75, 3.05) is 25.1 Å². The maximum atomic E-state index is 11.3. The van der Waals surface area contributed by atoms with Gasteiger partial charge in [0.2, 0.25) is 5.91 Å². The summed E-state index contributed by atoms with van der Waals surface area (Å²) in [6, 6.07) is 0. The molecule has 0 heterocycles. The van der Waals surface area contributed by atoms with Crippen LogP contribution < -0.4 is 0 Å². The Morgan fingerprint density at radius 2 is 1.73 bits per heavy atom. The molecule has 0 N–H and O–H groups in total. The molecule has 0 unspecified atom stereocenters. The van der Waals surface area contributed by atoms with E-state index in [1.807, 2.05) is 0 Å². The second-order valence-electron chi connectivity index (χ2n) is 3.37. The van der Waals surface area contributed by atoms with Crippen molar-refractivity contribution < 1.29 is 18.0 Å². The highest BCUT2D eigenvalue weighted by molar-refractivity contribution is 7.91. The number of rotatable bonds is 6. The molecule has 0 atom stereocenters. The second-order valence-corrected chi connectivity index (χ2v) is 5.51. The Labute approximate surface area is 90.4 Å². The van der Waals surface area contributed by atoms with Crippen LogP contribution in [0.1, 0.15) is 20.3 Å². The number of ketones is 1. The van der Waals surface area contributed by atoms with Crippen molar-refractivity contribution in [1.82, 2.24) is 4.90 Å². The molecular formula is C9H17NO4S. The van der Waals surface area contributed by atoms with Crippen LogP contribution in [0.25, 0.3) is 0 Å². The van der Waals surface area contributed by atoms with Crippen LogP contribution in [0.3, 0.4) is 0 Å². The van der Waals surface area contributed by atoms with E-state index in [9.17, 15) is 18.0 Å². The van der Waals surface area contributed by atoms with Crippen LogP contribution in [0.5, 0.6) is 0 Å². The molecule has 1 amide bonds. The predicted molar refractivity (Wildman–Crippen MR) is 57.3 cm³/mol. The highest BCUT2D eigenvalue weighted by atomic mass is 32.2. The molecular weight excluding hydrogens is 218 g/mol. The number of likely N-dealkylation sites (N-methyl/N-ethyl adjacent to an activating group) is 1. The van der Waals surface area contributed by atoms with Gasteiger partial charge in [0.25, 0.3) is 0 Å². The van der Waals surface area contributed by atoms with Crippen molar-refractivity contribution >= 4 is 21.5 Å². The van der Waals surface area contributed by atoms with Crippen molar-refractivity contribution in [1.29, 1.82) is 0 Å². The predicted octanol–water partition coefficient (Wildman–Crippen LogP) is -0.141. The Morgan fingerprint density at radius 3 is 2.07 bits per heavy atom. The molecule has 0 bridgehead atoms. The van der Waals surface area contributed by atoms with E-state index in [1.54, 1.807) is 13.8 Å². The molecule has 6 heteroatoms. The first-order valence-electron chi connectivity index (χ1n) is 4.77. The average Bonchev–Trinajstić information content (AvgIpc) is 2.10. The molecule has 0 spiro atoms. The largest absolute Gasteiger partial charge is 0.336 e. The van der Waals surface area contributed by atoms with Gasteiger partial charge in [-0.25, -0.2) is 8.42 Å². The molecule has 5 nitrogen and oxygen atoms in total. The van der Waals surface area contributed by atoms with Gasteiger partial charge in [0.1, 0.15) is 5.75 Å². The Hall–Kier alpha value is -0.910. The molecule has 0 aliphatic heterocycles. The van der Waals surface area contributed by atoms with E-state index in [1.165, 1.54) is 4.90 Å². The molecule has 0 aromatic carbocycles. The van der Waals surface area contributed by atoms with Gasteiger partial charge < -0.3 is 4.90 Å². The zero-order valence-electron chi connectivity index (χ0n) is 9.32. The van der Waals surface area contributed by atoms with E-state index in [4.69, 9.17) is 0 Å². The Kier molecular flexibility index (Phi) is 5.49. The maximum absolute atomic E-state index is 11.3. The third-order valence-corrected chi connectivity index (χ3v) is 2.67. The van der Waals surface area contributed by atoms with Gasteiger partial charge in [-0.1, -0.05) is 6.92 Å². The van der Waals surface area contributed by atoms with Gasteiger partial charge in [0.15, 0.2) is 15.6 Å². The molecule has 0 aromatic heterocycles. The molecule has 0 fully saturated rings. The number of carbonyl (C=O) groups excluding carboxylic acids is 2. The maximum Gasteiger partial charge on any atom is 0.222 e. The summed E-state index contributed by atoms with van der Waals surface area (Å²) in [5.41, 5.74) is 0. The van der Waals surface area contributed by atoms with Crippen molar-refractivity contribution in [2.45, 2.75) is 20.3 Å². The molecule has 0 saturated carbocycles. The van der Waals surface area contributed by atoms with Crippen molar-refractivity contribution in [3.8, 4) is 0 Å². The van der Waals surface area contributed by atoms with Crippen LogP contribution in [0, 0.1) is 0 Å². The van der Waals surface area contributed by atoms with Crippen molar-refractivity contribution in [2.24, 2.45) is 0 Å². The van der Waals surface area contributed by atoms with Crippen LogP contribution in [0.2, 0.25) is 0 Å². The lowest BCUT2D eigenvalue weighted by atomic mass is 10.3. The number of sulfone groups is 1. The standard InChI is InChI=1S/C9H17NO4S/c1-4-9(12)10(5-2)6-8(11)7-15(3,13)14/h4-7H2,1-3H3. The van der Waals surface area contributed by atoms with E-state index in [-0.39, 0.29) is 12.5 Å². The number of nitrogens with zero attached hydrogens (tertiary/aromatic N) is 1. The second kappa shape index (κ2) is 5.85. The summed E-state index contributed by atoms with van der Waals surface area (Å²) < 4.78 is 21.7. The SMILES string of the molecule is CCC(=O)N(CC)CC(=O)CS(C)(=O)=O. The summed E-state index contributed by atoms with van der Waals surface area (Å²) in [6.07, 6.45) is 1.32. The van der Waals surface area contributed by atoms with Gasteiger partial charge in [-0.05, 0) is 6.92 Å². The lowest BCUT2D eigenvalue weighted by molar-refractivity contribution is -0.134. The van der Waals surface area contributed by atoms with Gasteiger partial charge in [0, 0.05) is 19.2 Å². The van der Waals surface area contributed by atoms with E-state index in [0.29, 0.717) is 13.0 Å². The highest BCUT2D eigenvalue weighted by Crippen LogP contribution is 1.95. The summed E-state index contributed by atoms with van der Waals surface area (Å²) in [7, 11) is -3.30. The van der Waals surface area contributed by atoms with Crippen LogP contribution in [-0.4, -0.2) is 50.1 Å². The fourth-order valence-corrected chi connectivity index (χ4v) is 1.83. The number of carbonyl (C=O) groups is 2. The summed E-state index contributed by atoms with van der Waals surface area (Å²) in [5.74, 6) is -1.08. The minimum absolute atomic E-state index is 0.115. The highest BCUT2D eigenvalue weighted by Gasteiger charge is 2.17. The van der Waals surface area contributed by atoms with Crippen LogP contribution in [0.15, 0.2) is 0 Å². The summed E-state index contributed by atoms with van der Waals surface area (Å²) in [5, 5.41) is 0. The van der Waals surface area contributed by atoms with Gasteiger partial charge >= 0.3 is 0 Å². The zero-order chi connectivity index (χ0) is 12.1. The fraction of sp³-hybridized carbons (Fsp3) is 0.778. The topological polar surface area (TPSA) is 71.5 Å². The summed E-state index contributed by atoms with van der Waals surface area (Å²) >= 11 is 0. The number of hydrogen-bond acceptors (Lipinski definition) is 4. The Bertz CT molecular complexity index is 334. The molecule has 0 radical (unpaired) electrons. The lowest BCUT2D eigenvalue weighted by Gasteiger charge is -2.18. The first-order valence-corrected chi connectivity index (χ1v) is 6.83. The monoisotopic (exact) mass is 235 g/mol. The van der Waals surface area contributed by atoms with Gasteiger partial charge in [-0.2, -0.15) is 0 Å². The third-order valence-electron chi connectivity index (χ3n) is 1.83. The number of Topliss-reactive ketones (excluding diaryl/α,β-unsaturated/α-hetero) is 1. The first-order chi connectivity index (χ1) is 6.80. The van der Waals surface area contributed by atoms with Crippen molar-refractivity contribution in [3.63, 3.8) is 0 Å². The minimum atomic E-state index is -3.30. The molecule has 0 saturated heterocycles. The quantitative estimate of drug-likeness (QED) is 0.642. The van der Waals surface area contributed by atoms with Crippen LogP contribution in [0.4, 0.5) is 0 Å².